The summed E-state index contributed by atoms with van der Waals surface area (Å²) in [5, 5.41) is 12.3. The minimum Gasteiger partial charge on any atom is -0.384 e. The van der Waals surface area contributed by atoms with Crippen LogP contribution in [0.15, 0.2) is 55.0 Å². The predicted octanol–water partition coefficient (Wildman–Crippen LogP) is 2.94. The molecule has 0 aliphatic carbocycles. The Morgan fingerprint density at radius 1 is 1.21 bits per heavy atom. The van der Waals surface area contributed by atoms with Gasteiger partial charge in [0.1, 0.15) is 17.2 Å². The molecule has 0 saturated carbocycles. The molecule has 4 rings (SSSR count). The molecular weight excluding hydrogens is 372 g/mol. The molecule has 0 fully saturated rings. The summed E-state index contributed by atoms with van der Waals surface area (Å²) in [6.45, 7) is 0.516. The maximum absolute atomic E-state index is 12.4. The van der Waals surface area contributed by atoms with Gasteiger partial charge in [-0.2, -0.15) is 4.37 Å². The summed E-state index contributed by atoms with van der Waals surface area (Å²) >= 11 is 1.32. The summed E-state index contributed by atoms with van der Waals surface area (Å²) in [7, 11) is 0. The van der Waals surface area contributed by atoms with Crippen LogP contribution in [0.3, 0.4) is 0 Å². The number of H-pyrrole nitrogens is 1. The van der Waals surface area contributed by atoms with Crippen LogP contribution in [0, 0.1) is 5.41 Å². The van der Waals surface area contributed by atoms with Crippen molar-refractivity contribution in [2.75, 3.05) is 6.54 Å². The monoisotopic (exact) mass is 390 g/mol. The van der Waals surface area contributed by atoms with E-state index in [2.05, 4.69) is 19.7 Å². The Morgan fingerprint density at radius 2 is 2.04 bits per heavy atom. The van der Waals surface area contributed by atoms with Gasteiger partial charge in [-0.15, -0.1) is 0 Å². The number of hydrogen-bond donors (Lipinski definition) is 4. The smallest absolute Gasteiger partial charge is 0.251 e. The predicted molar refractivity (Wildman–Crippen MR) is 111 cm³/mol. The average molecular weight is 390 g/mol. The molecule has 4 aromatic rings. The second-order valence-electron chi connectivity index (χ2n) is 6.33. The first-order valence-electron chi connectivity index (χ1n) is 8.71. The van der Waals surface area contributed by atoms with Crippen LogP contribution in [-0.4, -0.2) is 32.6 Å². The molecule has 2 aromatic carbocycles. The van der Waals surface area contributed by atoms with Crippen LogP contribution >= 0.6 is 11.5 Å². The van der Waals surface area contributed by atoms with E-state index in [1.807, 2.05) is 30.3 Å². The van der Waals surface area contributed by atoms with Crippen molar-refractivity contribution >= 4 is 34.2 Å². The number of aromatic amines is 1. The molecule has 140 valence electrons. The zero-order valence-electron chi connectivity index (χ0n) is 14.9. The first-order chi connectivity index (χ1) is 13.6. The fraction of sp³-hybridized carbons (Fsp3) is 0.100. The number of carbonyl (C=O) groups excluding carboxylic acids is 1. The fourth-order valence-electron chi connectivity index (χ4n) is 3.03. The van der Waals surface area contributed by atoms with Gasteiger partial charge in [-0.3, -0.25) is 10.2 Å². The number of nitrogen functional groups attached to an aromatic ring is 1. The number of nitrogens with two attached hydrogens (primary N) is 1. The molecule has 0 aliphatic rings. The molecule has 1 amide bonds. The van der Waals surface area contributed by atoms with Crippen LogP contribution in [0.5, 0.6) is 0 Å². The van der Waals surface area contributed by atoms with Crippen molar-refractivity contribution in [1.29, 1.82) is 5.41 Å². The van der Waals surface area contributed by atoms with E-state index in [0.29, 0.717) is 24.1 Å². The molecule has 28 heavy (non-hydrogen) atoms. The third-order valence-corrected chi connectivity index (χ3v) is 5.20. The molecule has 0 aliphatic heterocycles. The number of amides is 1. The number of rotatable bonds is 6. The number of hydrogen-bond acceptors (Lipinski definition) is 5. The lowest BCUT2D eigenvalue weighted by Crippen LogP contribution is -2.25. The van der Waals surface area contributed by atoms with E-state index in [4.69, 9.17) is 11.1 Å². The van der Waals surface area contributed by atoms with E-state index in [1.165, 1.54) is 17.9 Å². The number of amidine groups is 1. The molecule has 0 spiro atoms. The highest BCUT2D eigenvalue weighted by Gasteiger charge is 2.09. The van der Waals surface area contributed by atoms with E-state index in [1.54, 1.807) is 18.3 Å². The molecule has 0 unspecified atom stereocenters. The zero-order chi connectivity index (χ0) is 19.5. The highest BCUT2D eigenvalue weighted by atomic mass is 32.1. The molecule has 0 radical (unpaired) electrons. The number of fused-ring (bicyclic) bond motifs is 1. The maximum Gasteiger partial charge on any atom is 0.251 e. The second kappa shape index (κ2) is 7.61. The molecule has 7 nitrogen and oxygen atoms in total. The van der Waals surface area contributed by atoms with Crippen LogP contribution < -0.4 is 11.1 Å². The summed E-state index contributed by atoms with van der Waals surface area (Å²) in [6, 6.07) is 13.3. The Kier molecular flexibility index (Phi) is 4.86. The van der Waals surface area contributed by atoms with Crippen LogP contribution in [-0.2, 0) is 6.42 Å². The van der Waals surface area contributed by atoms with Crippen molar-refractivity contribution in [3.8, 4) is 10.6 Å². The highest BCUT2D eigenvalue weighted by molar-refractivity contribution is 7.09. The molecule has 2 heterocycles. The number of carbonyl (C=O) groups is 1. The van der Waals surface area contributed by atoms with Gasteiger partial charge in [0.25, 0.3) is 5.91 Å². The van der Waals surface area contributed by atoms with Crippen LogP contribution in [0.4, 0.5) is 0 Å². The molecule has 0 saturated heterocycles. The summed E-state index contributed by atoms with van der Waals surface area (Å²) in [4.78, 5) is 19.6. The Hall–Kier alpha value is -3.52. The highest BCUT2D eigenvalue weighted by Crippen LogP contribution is 2.21. The van der Waals surface area contributed by atoms with Gasteiger partial charge in [-0.1, -0.05) is 18.2 Å². The van der Waals surface area contributed by atoms with E-state index < -0.39 is 0 Å². The molecule has 0 bridgehead atoms. The van der Waals surface area contributed by atoms with Crippen LogP contribution in [0.25, 0.3) is 21.5 Å². The standard InChI is InChI=1S/C20H18N6OS/c21-18(22)16-10-24-17-6-1-12(9-15(16)17)7-8-23-19(27)13-2-4-14(5-3-13)20-25-11-26-28-20/h1-6,9-11,24H,7-8H2,(H3,21,22)(H,23,27). The van der Waals surface area contributed by atoms with Crippen molar-refractivity contribution in [3.63, 3.8) is 0 Å². The van der Waals surface area contributed by atoms with Gasteiger partial charge in [-0.25, -0.2) is 4.98 Å². The second-order valence-corrected chi connectivity index (χ2v) is 7.11. The molecular formula is C20H18N6OS. The van der Waals surface area contributed by atoms with Crippen molar-refractivity contribution in [2.24, 2.45) is 5.73 Å². The quantitative estimate of drug-likeness (QED) is 0.299. The SMILES string of the molecule is N=C(N)c1c[nH]c2ccc(CCNC(=O)c3ccc(-c4ncns4)cc3)cc12. The normalized spacial score (nSPS) is 10.9. The number of nitrogens with zero attached hydrogens (tertiary/aromatic N) is 2. The summed E-state index contributed by atoms with van der Waals surface area (Å²) in [5.74, 6) is -0.0790. The van der Waals surface area contributed by atoms with Crippen LogP contribution in [0.2, 0.25) is 0 Å². The van der Waals surface area contributed by atoms with Crippen LogP contribution in [0.1, 0.15) is 21.5 Å². The number of nitrogens with one attached hydrogen (secondary N) is 3. The maximum atomic E-state index is 12.4. The van der Waals surface area contributed by atoms with Gasteiger partial charge in [0.2, 0.25) is 0 Å². The Bertz CT molecular complexity index is 1130. The zero-order valence-corrected chi connectivity index (χ0v) is 15.7. The van der Waals surface area contributed by atoms with Gasteiger partial charge in [0.05, 0.1) is 0 Å². The minimum atomic E-state index is -0.115. The van der Waals surface area contributed by atoms with Crippen molar-refractivity contribution in [2.45, 2.75) is 6.42 Å². The lowest BCUT2D eigenvalue weighted by atomic mass is 10.1. The van der Waals surface area contributed by atoms with Gasteiger partial charge in [-0.05, 0) is 47.8 Å². The molecule has 2 aromatic heterocycles. The van der Waals surface area contributed by atoms with Crippen molar-refractivity contribution in [3.05, 3.63) is 71.7 Å². The van der Waals surface area contributed by atoms with Crippen molar-refractivity contribution in [1.82, 2.24) is 19.7 Å². The first kappa shape index (κ1) is 17.9. The van der Waals surface area contributed by atoms with Gasteiger partial charge in [0, 0.05) is 40.3 Å². The molecule has 5 N–H and O–H groups in total. The third-order valence-electron chi connectivity index (χ3n) is 4.49. The molecule has 8 heteroatoms. The van der Waals surface area contributed by atoms with E-state index in [-0.39, 0.29) is 11.7 Å². The lowest BCUT2D eigenvalue weighted by molar-refractivity contribution is 0.0954. The lowest BCUT2D eigenvalue weighted by Gasteiger charge is -2.07. The molecule has 0 atom stereocenters. The van der Waals surface area contributed by atoms with Gasteiger partial charge in [0.15, 0.2) is 0 Å². The number of benzene rings is 2. The van der Waals surface area contributed by atoms with Crippen molar-refractivity contribution < 1.29 is 4.79 Å². The summed E-state index contributed by atoms with van der Waals surface area (Å²) in [6.07, 6.45) is 3.95. The largest absolute Gasteiger partial charge is 0.384 e. The Morgan fingerprint density at radius 3 is 2.75 bits per heavy atom. The third kappa shape index (κ3) is 3.63. The van der Waals surface area contributed by atoms with E-state index in [0.717, 1.165) is 27.0 Å². The fourth-order valence-corrected chi connectivity index (χ4v) is 3.56. The topological polar surface area (TPSA) is 121 Å². The summed E-state index contributed by atoms with van der Waals surface area (Å²) < 4.78 is 3.99. The van der Waals surface area contributed by atoms with E-state index >= 15 is 0 Å². The first-order valence-corrected chi connectivity index (χ1v) is 9.49. The Balaban J connectivity index is 1.38. The minimum absolute atomic E-state index is 0.0358. The summed E-state index contributed by atoms with van der Waals surface area (Å²) in [5.41, 5.74) is 9.87. The van der Waals surface area contributed by atoms with Gasteiger partial charge < -0.3 is 16.0 Å². The average Bonchev–Trinajstić information content (AvgIpc) is 3.38. The number of aromatic nitrogens is 3. The Labute approximate surface area is 165 Å². The van der Waals surface area contributed by atoms with Gasteiger partial charge >= 0.3 is 0 Å². The van der Waals surface area contributed by atoms with E-state index in [9.17, 15) is 4.79 Å².